The Morgan fingerprint density at radius 3 is 2.60 bits per heavy atom. The summed E-state index contributed by atoms with van der Waals surface area (Å²) in [4.78, 5) is 13.6. The molecule has 1 unspecified atom stereocenters. The Morgan fingerprint density at radius 2 is 1.97 bits per heavy atom. The lowest BCUT2D eigenvalue weighted by Crippen LogP contribution is -2.53. The molecule has 0 saturated heterocycles. The first-order chi connectivity index (χ1) is 16.6. The van der Waals surface area contributed by atoms with E-state index in [1.165, 1.54) is 6.08 Å². The number of nitrogens with one attached hydrogen (secondary N) is 2. The molecular formula is C24H35N9O2. The highest BCUT2D eigenvalue weighted by Crippen LogP contribution is 2.29. The number of carbonyl (C=O) groups is 1. The molecule has 1 aromatic carbocycles. The Labute approximate surface area is 205 Å². The zero-order valence-corrected chi connectivity index (χ0v) is 21.2. The second kappa shape index (κ2) is 11.2. The molecule has 0 fully saturated rings. The maximum absolute atomic E-state index is 12.1. The second-order valence-corrected chi connectivity index (χ2v) is 9.45. The summed E-state index contributed by atoms with van der Waals surface area (Å²) >= 11 is 0. The summed E-state index contributed by atoms with van der Waals surface area (Å²) in [5.41, 5.74) is 0.813. The van der Waals surface area contributed by atoms with Crippen LogP contribution in [0.15, 0.2) is 43.1 Å². The zero-order valence-electron chi connectivity index (χ0n) is 21.2. The summed E-state index contributed by atoms with van der Waals surface area (Å²) in [6.07, 6.45) is 5.26. The predicted octanol–water partition coefficient (Wildman–Crippen LogP) is 1.77. The molecule has 35 heavy (non-hydrogen) atoms. The van der Waals surface area contributed by atoms with E-state index in [1.807, 2.05) is 38.1 Å². The molecule has 0 bridgehead atoms. The average Bonchev–Trinajstić information content (AvgIpc) is 3.45. The minimum Gasteiger partial charge on any atom is -0.497 e. The van der Waals surface area contributed by atoms with E-state index < -0.39 is 11.1 Å². The van der Waals surface area contributed by atoms with Crippen molar-refractivity contribution in [1.29, 1.82) is 0 Å². The first kappa shape index (κ1) is 26.0. The van der Waals surface area contributed by atoms with E-state index in [1.54, 1.807) is 29.8 Å². The monoisotopic (exact) mass is 481 g/mol. The highest BCUT2D eigenvalue weighted by Gasteiger charge is 2.38. The fraction of sp³-hybridized carbons (Fsp3) is 0.500. The van der Waals surface area contributed by atoms with Crippen LogP contribution >= 0.6 is 0 Å². The van der Waals surface area contributed by atoms with Crippen molar-refractivity contribution >= 4 is 5.91 Å². The molecule has 2 aromatic heterocycles. The molecule has 0 saturated carbocycles. The van der Waals surface area contributed by atoms with Crippen molar-refractivity contribution in [1.82, 2.24) is 45.8 Å². The van der Waals surface area contributed by atoms with Crippen LogP contribution in [-0.4, -0.2) is 60.3 Å². The van der Waals surface area contributed by atoms with Gasteiger partial charge in [0.2, 0.25) is 5.91 Å². The number of nitrogens with zero attached hydrogens (tertiary/aromatic N) is 7. The van der Waals surface area contributed by atoms with Gasteiger partial charge in [0, 0.05) is 12.6 Å². The molecule has 2 N–H and O–H groups in total. The Bertz CT molecular complexity index is 1120. The van der Waals surface area contributed by atoms with Crippen LogP contribution in [0, 0.1) is 0 Å². The molecule has 0 aliphatic carbocycles. The van der Waals surface area contributed by atoms with E-state index in [4.69, 9.17) is 4.74 Å². The minimum atomic E-state index is -0.629. The quantitative estimate of drug-likeness (QED) is 0.280. The average molecular weight is 482 g/mol. The van der Waals surface area contributed by atoms with Crippen molar-refractivity contribution in [2.45, 2.75) is 57.7 Å². The van der Waals surface area contributed by atoms with Crippen LogP contribution < -0.4 is 15.4 Å². The molecule has 0 spiro atoms. The lowest BCUT2D eigenvalue weighted by atomic mass is 9.84. The zero-order chi connectivity index (χ0) is 25.5. The van der Waals surface area contributed by atoms with Crippen LogP contribution in [0.1, 0.15) is 50.7 Å². The number of methoxy groups -OCH3 is 1. The van der Waals surface area contributed by atoms with Crippen LogP contribution in [0.25, 0.3) is 0 Å². The lowest BCUT2D eigenvalue weighted by Gasteiger charge is -2.38. The van der Waals surface area contributed by atoms with Gasteiger partial charge in [-0.1, -0.05) is 18.7 Å². The molecule has 0 aliphatic heterocycles. The Hall–Kier alpha value is -3.60. The Balaban J connectivity index is 1.80. The number of rotatable bonds is 13. The molecule has 0 radical (unpaired) electrons. The molecule has 2 heterocycles. The van der Waals surface area contributed by atoms with Crippen LogP contribution in [0.5, 0.6) is 5.75 Å². The molecule has 1 atom stereocenters. The van der Waals surface area contributed by atoms with Crippen molar-refractivity contribution in [3.63, 3.8) is 0 Å². The maximum atomic E-state index is 12.1. The summed E-state index contributed by atoms with van der Waals surface area (Å²) in [6.45, 7) is 10.8. The number of ether oxygens (including phenoxy) is 1. The van der Waals surface area contributed by atoms with E-state index in [0.29, 0.717) is 25.3 Å². The normalized spacial score (nSPS) is 13.3. The molecule has 11 heteroatoms. The van der Waals surface area contributed by atoms with Crippen LogP contribution in [0.3, 0.4) is 0 Å². The summed E-state index contributed by atoms with van der Waals surface area (Å²) in [6, 6.07) is 7.81. The summed E-state index contributed by atoms with van der Waals surface area (Å²) in [5, 5.41) is 27.8. The van der Waals surface area contributed by atoms with E-state index in [0.717, 1.165) is 29.8 Å². The van der Waals surface area contributed by atoms with E-state index in [2.05, 4.69) is 49.9 Å². The van der Waals surface area contributed by atoms with Crippen molar-refractivity contribution in [2.24, 2.45) is 7.05 Å². The van der Waals surface area contributed by atoms with E-state index in [9.17, 15) is 4.79 Å². The number of hydrogen-bond acceptors (Lipinski definition) is 8. The van der Waals surface area contributed by atoms with Gasteiger partial charge in [0.15, 0.2) is 5.82 Å². The largest absolute Gasteiger partial charge is 0.497 e. The molecular weight excluding hydrogens is 446 g/mol. The number of aromatic nitrogens is 7. The van der Waals surface area contributed by atoms with Gasteiger partial charge in [-0.2, -0.15) is 15.0 Å². The SMILES string of the molecule is C=CC(=O)NC(C)(C)CC(C)(NCCCc1cnn(C)n1)c1nnnn1Cc1ccc(OC)cc1. The maximum Gasteiger partial charge on any atom is 0.243 e. The molecule has 188 valence electrons. The molecule has 3 rings (SSSR count). The van der Waals surface area contributed by atoms with E-state index in [-0.39, 0.29) is 5.91 Å². The van der Waals surface area contributed by atoms with Crippen LogP contribution in [0.2, 0.25) is 0 Å². The summed E-state index contributed by atoms with van der Waals surface area (Å²) in [5.74, 6) is 1.26. The third-order valence-electron chi connectivity index (χ3n) is 5.73. The molecule has 0 aliphatic rings. The lowest BCUT2D eigenvalue weighted by molar-refractivity contribution is -0.118. The van der Waals surface area contributed by atoms with Gasteiger partial charge in [-0.3, -0.25) is 4.79 Å². The third kappa shape index (κ3) is 7.19. The van der Waals surface area contributed by atoms with Crippen molar-refractivity contribution in [3.8, 4) is 5.75 Å². The summed E-state index contributed by atoms with van der Waals surface area (Å²) in [7, 11) is 3.45. The Kier molecular flexibility index (Phi) is 8.34. The van der Waals surface area contributed by atoms with Crippen molar-refractivity contribution in [2.75, 3.05) is 13.7 Å². The topological polar surface area (TPSA) is 125 Å². The number of aryl methyl sites for hydroxylation is 2. The fourth-order valence-corrected chi connectivity index (χ4v) is 4.28. The third-order valence-corrected chi connectivity index (χ3v) is 5.73. The Morgan fingerprint density at radius 1 is 1.23 bits per heavy atom. The first-order valence-corrected chi connectivity index (χ1v) is 11.6. The molecule has 3 aromatic rings. The van der Waals surface area contributed by atoms with Gasteiger partial charge in [-0.15, -0.1) is 5.10 Å². The number of carbonyl (C=O) groups excluding carboxylic acids is 1. The minimum absolute atomic E-state index is 0.224. The highest BCUT2D eigenvalue weighted by atomic mass is 16.5. The van der Waals surface area contributed by atoms with Gasteiger partial charge < -0.3 is 15.4 Å². The van der Waals surface area contributed by atoms with Gasteiger partial charge in [0.05, 0.1) is 31.1 Å². The molecule has 1 amide bonds. The first-order valence-electron chi connectivity index (χ1n) is 11.6. The van der Waals surface area contributed by atoms with Gasteiger partial charge in [-0.25, -0.2) is 4.68 Å². The van der Waals surface area contributed by atoms with Gasteiger partial charge >= 0.3 is 0 Å². The van der Waals surface area contributed by atoms with Crippen molar-refractivity contribution in [3.05, 3.63) is 60.2 Å². The summed E-state index contributed by atoms with van der Waals surface area (Å²) < 4.78 is 7.05. The van der Waals surface area contributed by atoms with E-state index >= 15 is 0 Å². The van der Waals surface area contributed by atoms with Gasteiger partial charge in [0.1, 0.15) is 5.75 Å². The number of benzene rings is 1. The number of tetrazole rings is 1. The highest BCUT2D eigenvalue weighted by molar-refractivity contribution is 5.87. The van der Waals surface area contributed by atoms with Gasteiger partial charge in [-0.05, 0) is 80.8 Å². The predicted molar refractivity (Wildman–Crippen MR) is 132 cm³/mol. The number of hydrogen-bond donors (Lipinski definition) is 2. The smallest absolute Gasteiger partial charge is 0.243 e. The standard InChI is InChI=1S/C24H35N9O2/c1-7-21(34)27-23(2,3)17-24(4,25-14-8-9-19-15-26-32(5)29-19)22-28-30-31-33(22)16-18-10-12-20(35-6)13-11-18/h7,10-13,15,25H,1,8-9,14,16-17H2,2-6H3,(H,27,34). The second-order valence-electron chi connectivity index (χ2n) is 9.45. The van der Waals surface area contributed by atoms with Gasteiger partial charge in [0.25, 0.3) is 0 Å². The van der Waals surface area contributed by atoms with Crippen LogP contribution in [0.4, 0.5) is 0 Å². The number of amides is 1. The fourth-order valence-electron chi connectivity index (χ4n) is 4.28. The molecule has 11 nitrogen and oxygen atoms in total. The van der Waals surface area contributed by atoms with Crippen molar-refractivity contribution < 1.29 is 9.53 Å². The van der Waals surface area contributed by atoms with Crippen LogP contribution in [-0.2, 0) is 30.3 Å².